The lowest BCUT2D eigenvalue weighted by molar-refractivity contribution is 0.430. The number of thiazole rings is 1. The smallest absolute Gasteiger partial charge is 0.284 e. The molecule has 10 heteroatoms. The van der Waals surface area contributed by atoms with E-state index in [1.165, 1.54) is 15.7 Å². The second-order valence-corrected chi connectivity index (χ2v) is 6.66. The Bertz CT molecular complexity index is 889. The van der Waals surface area contributed by atoms with E-state index in [2.05, 4.69) is 14.9 Å². The summed E-state index contributed by atoms with van der Waals surface area (Å²) >= 11 is 1.30. The normalized spacial score (nSPS) is 12.1. The summed E-state index contributed by atoms with van der Waals surface area (Å²) in [7, 11) is -3.91. The molecule has 20 heavy (non-hydrogen) atoms. The van der Waals surface area contributed by atoms with Crippen molar-refractivity contribution >= 4 is 38.0 Å². The molecule has 0 amide bonds. The van der Waals surface area contributed by atoms with Crippen LogP contribution >= 0.6 is 11.3 Å². The Morgan fingerprint density at radius 3 is 2.85 bits per heavy atom. The maximum Gasteiger partial charge on any atom is 0.284 e. The minimum absolute atomic E-state index is 0.0572. The molecule has 0 bridgehead atoms. The van der Waals surface area contributed by atoms with E-state index in [0.29, 0.717) is 16.2 Å². The van der Waals surface area contributed by atoms with Crippen LogP contribution in [0.4, 0.5) is 11.7 Å². The van der Waals surface area contributed by atoms with Gasteiger partial charge in [-0.05, 0) is 13.8 Å². The second-order valence-electron chi connectivity index (χ2n) is 4.19. The number of hydrogen-bond acceptors (Lipinski definition) is 7. The maximum atomic E-state index is 12.4. The number of nitrogens with zero attached hydrogens (tertiary/aromatic N) is 3. The van der Waals surface area contributed by atoms with Gasteiger partial charge in [-0.3, -0.25) is 4.40 Å². The van der Waals surface area contributed by atoms with Crippen molar-refractivity contribution in [2.75, 3.05) is 10.5 Å². The van der Waals surface area contributed by atoms with Crippen molar-refractivity contribution in [3.63, 3.8) is 0 Å². The first kappa shape index (κ1) is 12.9. The van der Waals surface area contributed by atoms with Crippen molar-refractivity contribution < 1.29 is 12.9 Å². The zero-order valence-corrected chi connectivity index (χ0v) is 12.2. The molecule has 3 heterocycles. The van der Waals surface area contributed by atoms with Gasteiger partial charge in [-0.25, -0.2) is 9.71 Å². The van der Waals surface area contributed by atoms with Crippen LogP contribution in [0.3, 0.4) is 0 Å². The molecule has 3 aromatic rings. The average molecular weight is 313 g/mol. The molecule has 0 atom stereocenters. The molecule has 0 fully saturated rings. The largest absolute Gasteiger partial charge is 0.381 e. The molecule has 0 spiro atoms. The predicted molar refractivity (Wildman–Crippen MR) is 74.3 cm³/mol. The molecule has 0 aliphatic rings. The van der Waals surface area contributed by atoms with Gasteiger partial charge < -0.3 is 10.3 Å². The number of nitrogen functional groups attached to an aromatic ring is 1. The van der Waals surface area contributed by atoms with Crippen LogP contribution in [0, 0.1) is 13.8 Å². The third kappa shape index (κ3) is 1.84. The first-order valence-corrected chi connectivity index (χ1v) is 7.93. The van der Waals surface area contributed by atoms with Crippen molar-refractivity contribution in [3.8, 4) is 0 Å². The molecule has 106 valence electrons. The zero-order chi connectivity index (χ0) is 14.5. The van der Waals surface area contributed by atoms with Gasteiger partial charge in [-0.2, -0.15) is 8.42 Å². The van der Waals surface area contributed by atoms with Gasteiger partial charge in [0.2, 0.25) is 10.9 Å². The molecule has 3 rings (SSSR count). The number of aryl methyl sites for hydroxylation is 1. The number of rotatable bonds is 3. The third-order valence-corrected chi connectivity index (χ3v) is 5.01. The average Bonchev–Trinajstić information content (AvgIpc) is 2.99. The molecule has 0 radical (unpaired) electrons. The summed E-state index contributed by atoms with van der Waals surface area (Å²) in [5, 5.41) is 5.32. The van der Waals surface area contributed by atoms with E-state index in [0.717, 1.165) is 0 Å². The lowest BCUT2D eigenvalue weighted by atomic mass is 10.3. The fourth-order valence-electron chi connectivity index (χ4n) is 1.73. The Morgan fingerprint density at radius 2 is 2.20 bits per heavy atom. The topological polar surface area (TPSA) is 116 Å². The van der Waals surface area contributed by atoms with Crippen LogP contribution in [0.25, 0.3) is 4.96 Å². The molecular weight excluding hydrogens is 302 g/mol. The minimum Gasteiger partial charge on any atom is -0.381 e. The van der Waals surface area contributed by atoms with E-state index in [4.69, 9.17) is 10.3 Å². The monoisotopic (exact) mass is 313 g/mol. The molecule has 0 saturated carbocycles. The molecule has 0 aliphatic carbocycles. The van der Waals surface area contributed by atoms with Crippen LogP contribution in [-0.2, 0) is 10.0 Å². The highest BCUT2D eigenvalue weighted by Crippen LogP contribution is 2.27. The Morgan fingerprint density at radius 1 is 1.45 bits per heavy atom. The number of aromatic nitrogens is 3. The molecule has 0 aliphatic heterocycles. The van der Waals surface area contributed by atoms with Gasteiger partial charge in [0.15, 0.2) is 10.8 Å². The number of nitrogens with two attached hydrogens (primary N) is 1. The van der Waals surface area contributed by atoms with Crippen molar-refractivity contribution in [3.05, 3.63) is 22.8 Å². The van der Waals surface area contributed by atoms with Gasteiger partial charge in [-0.15, -0.1) is 11.3 Å². The number of fused-ring (bicyclic) bond motifs is 1. The summed E-state index contributed by atoms with van der Waals surface area (Å²) in [4.78, 5) is 4.51. The standard InChI is InChI=1S/C10H11N5O3S2/c1-5-6(2)13-18-8(5)14-20(16,17)9-7(11)12-10-15(9)3-4-19-10/h3-4,14H,11H2,1-2H3. The quantitative estimate of drug-likeness (QED) is 0.754. The molecule has 3 aromatic heterocycles. The van der Waals surface area contributed by atoms with E-state index >= 15 is 0 Å². The van der Waals surface area contributed by atoms with Crippen LogP contribution in [-0.4, -0.2) is 23.0 Å². The lowest BCUT2D eigenvalue weighted by Gasteiger charge is -2.05. The first-order chi connectivity index (χ1) is 9.40. The lowest BCUT2D eigenvalue weighted by Crippen LogP contribution is -2.16. The first-order valence-electron chi connectivity index (χ1n) is 5.57. The summed E-state index contributed by atoms with van der Waals surface area (Å²) in [6, 6.07) is 0. The molecule has 8 nitrogen and oxygen atoms in total. The second kappa shape index (κ2) is 4.21. The van der Waals surface area contributed by atoms with Crippen LogP contribution in [0.15, 0.2) is 21.1 Å². The fraction of sp³-hybridized carbons (Fsp3) is 0.200. The summed E-state index contributed by atoms with van der Waals surface area (Å²) in [6.07, 6.45) is 1.59. The summed E-state index contributed by atoms with van der Waals surface area (Å²) in [6.45, 7) is 3.44. The summed E-state index contributed by atoms with van der Waals surface area (Å²) in [5.74, 6) is 0.0188. The van der Waals surface area contributed by atoms with Crippen molar-refractivity contribution in [2.45, 2.75) is 18.9 Å². The van der Waals surface area contributed by atoms with Gasteiger partial charge >= 0.3 is 0 Å². The van der Waals surface area contributed by atoms with Gasteiger partial charge in [-0.1, -0.05) is 5.16 Å². The Hall–Kier alpha value is -2.07. The SMILES string of the molecule is Cc1noc(NS(=O)(=O)c2c(N)nc3sccn23)c1C. The summed E-state index contributed by atoms with van der Waals surface area (Å²) < 4.78 is 33.6. The maximum absolute atomic E-state index is 12.4. The predicted octanol–water partition coefficient (Wildman–Crippen LogP) is 1.38. The molecular formula is C10H11N5O3S2. The molecule has 3 N–H and O–H groups in total. The van der Waals surface area contributed by atoms with E-state index in [1.807, 2.05) is 0 Å². The summed E-state index contributed by atoms with van der Waals surface area (Å²) in [5.41, 5.74) is 6.93. The highest BCUT2D eigenvalue weighted by atomic mass is 32.2. The van der Waals surface area contributed by atoms with Crippen molar-refractivity contribution in [2.24, 2.45) is 0 Å². The van der Waals surface area contributed by atoms with E-state index in [1.54, 1.807) is 25.4 Å². The van der Waals surface area contributed by atoms with Crippen LogP contribution in [0.1, 0.15) is 11.3 Å². The number of sulfonamides is 1. The van der Waals surface area contributed by atoms with Gasteiger partial charge in [0.25, 0.3) is 10.0 Å². The van der Waals surface area contributed by atoms with E-state index in [-0.39, 0.29) is 16.7 Å². The fourth-order valence-corrected chi connectivity index (χ4v) is 3.77. The van der Waals surface area contributed by atoms with Gasteiger partial charge in [0, 0.05) is 17.1 Å². The van der Waals surface area contributed by atoms with E-state index < -0.39 is 10.0 Å². The van der Waals surface area contributed by atoms with Gasteiger partial charge in [0.05, 0.1) is 5.69 Å². The Labute approximate surface area is 118 Å². The van der Waals surface area contributed by atoms with Gasteiger partial charge in [0.1, 0.15) is 0 Å². The minimum atomic E-state index is -3.91. The molecule has 0 aromatic carbocycles. The highest BCUT2D eigenvalue weighted by molar-refractivity contribution is 7.92. The Kier molecular flexibility index (Phi) is 2.73. The number of nitrogens with one attached hydrogen (secondary N) is 1. The van der Waals surface area contributed by atoms with Crippen molar-refractivity contribution in [1.29, 1.82) is 0 Å². The number of anilines is 2. The van der Waals surface area contributed by atoms with Crippen molar-refractivity contribution in [1.82, 2.24) is 14.5 Å². The van der Waals surface area contributed by atoms with Crippen LogP contribution < -0.4 is 10.5 Å². The van der Waals surface area contributed by atoms with Crippen LogP contribution in [0.5, 0.6) is 0 Å². The zero-order valence-electron chi connectivity index (χ0n) is 10.6. The van der Waals surface area contributed by atoms with Crippen LogP contribution in [0.2, 0.25) is 0 Å². The molecule has 0 unspecified atom stereocenters. The number of imidazole rings is 1. The Balaban J connectivity index is 2.10. The highest BCUT2D eigenvalue weighted by Gasteiger charge is 2.26. The number of hydrogen-bond donors (Lipinski definition) is 2. The third-order valence-electron chi connectivity index (χ3n) is 2.88. The molecule has 0 saturated heterocycles. The van der Waals surface area contributed by atoms with E-state index in [9.17, 15) is 8.42 Å².